The monoisotopic (exact) mass is 356 g/mol. The fraction of sp³-hybridized carbons (Fsp3) is 0.800. The molecule has 0 aliphatic rings. The molecule has 0 radical (unpaired) electrons. The van der Waals surface area contributed by atoms with Crippen molar-refractivity contribution < 1.29 is 0 Å². The summed E-state index contributed by atoms with van der Waals surface area (Å²) < 4.78 is 0. The van der Waals surface area contributed by atoms with Crippen molar-refractivity contribution in [3.63, 3.8) is 0 Å². The van der Waals surface area contributed by atoms with Gasteiger partial charge in [0.15, 0.2) is 0 Å². The van der Waals surface area contributed by atoms with Gasteiger partial charge in [0.05, 0.1) is 0 Å². The minimum absolute atomic E-state index is 1.18. The van der Waals surface area contributed by atoms with Crippen LogP contribution in [0.4, 0.5) is 0 Å². The standard InChI is InChI=1S/C20H37Br/c1-2-3-4-5-6-7-8-9-10-11-12-13-14-15-16-17-18-19-20-21/h5-8H,2-4,9-20H2,1H3/b6-5-,8-7+. The van der Waals surface area contributed by atoms with Crippen molar-refractivity contribution in [3.8, 4) is 0 Å². The van der Waals surface area contributed by atoms with Crippen LogP contribution >= 0.6 is 15.9 Å². The van der Waals surface area contributed by atoms with Crippen LogP contribution in [-0.4, -0.2) is 5.33 Å². The van der Waals surface area contributed by atoms with E-state index in [2.05, 4.69) is 47.2 Å². The van der Waals surface area contributed by atoms with Crippen LogP contribution in [0.15, 0.2) is 24.3 Å². The predicted octanol–water partition coefficient (Wildman–Crippen LogP) is 7.98. The Morgan fingerprint density at radius 3 is 1.48 bits per heavy atom. The van der Waals surface area contributed by atoms with Crippen LogP contribution < -0.4 is 0 Å². The molecule has 0 rings (SSSR count). The zero-order valence-corrected chi connectivity index (χ0v) is 15.9. The first-order valence-corrected chi connectivity index (χ1v) is 10.4. The maximum atomic E-state index is 3.49. The molecule has 124 valence electrons. The molecule has 0 saturated carbocycles. The van der Waals surface area contributed by atoms with E-state index in [4.69, 9.17) is 0 Å². The van der Waals surface area contributed by atoms with E-state index in [9.17, 15) is 0 Å². The topological polar surface area (TPSA) is 0 Å². The van der Waals surface area contributed by atoms with Crippen molar-refractivity contribution in [3.05, 3.63) is 24.3 Å². The second kappa shape index (κ2) is 20.0. The van der Waals surface area contributed by atoms with E-state index >= 15 is 0 Å². The number of allylic oxidation sites excluding steroid dienone is 4. The number of rotatable bonds is 16. The third-order valence-corrected chi connectivity index (χ3v) is 4.42. The summed E-state index contributed by atoms with van der Waals surface area (Å²) in [6, 6.07) is 0. The van der Waals surface area contributed by atoms with Gasteiger partial charge in [0.25, 0.3) is 0 Å². The molecule has 0 aromatic heterocycles. The van der Waals surface area contributed by atoms with E-state index in [1.54, 1.807) is 0 Å². The summed E-state index contributed by atoms with van der Waals surface area (Å²) >= 11 is 3.49. The highest BCUT2D eigenvalue weighted by molar-refractivity contribution is 9.09. The maximum Gasteiger partial charge on any atom is 0.00313 e. The highest BCUT2D eigenvalue weighted by Crippen LogP contribution is 2.11. The van der Waals surface area contributed by atoms with Crippen LogP contribution in [0.5, 0.6) is 0 Å². The van der Waals surface area contributed by atoms with Crippen molar-refractivity contribution >= 4 is 15.9 Å². The lowest BCUT2D eigenvalue weighted by molar-refractivity contribution is 0.558. The smallest absolute Gasteiger partial charge is 0.00313 e. The van der Waals surface area contributed by atoms with Crippen LogP contribution in [-0.2, 0) is 0 Å². The van der Waals surface area contributed by atoms with E-state index in [1.165, 1.54) is 95.2 Å². The summed E-state index contributed by atoms with van der Waals surface area (Å²) in [4.78, 5) is 0. The Hall–Kier alpha value is -0.0400. The molecule has 0 amide bonds. The van der Waals surface area contributed by atoms with E-state index in [1.807, 2.05) is 0 Å². The molecule has 1 heteroatoms. The van der Waals surface area contributed by atoms with E-state index < -0.39 is 0 Å². The minimum Gasteiger partial charge on any atom is -0.0928 e. The fourth-order valence-corrected chi connectivity index (χ4v) is 2.84. The normalized spacial score (nSPS) is 11.9. The molecule has 0 unspecified atom stereocenters. The van der Waals surface area contributed by atoms with Gasteiger partial charge in [-0.25, -0.2) is 0 Å². The first kappa shape index (κ1) is 21.0. The molecule has 21 heavy (non-hydrogen) atoms. The van der Waals surface area contributed by atoms with Gasteiger partial charge < -0.3 is 0 Å². The largest absolute Gasteiger partial charge is 0.0928 e. The number of halogens is 1. The van der Waals surface area contributed by atoms with Gasteiger partial charge in [0.1, 0.15) is 0 Å². The van der Waals surface area contributed by atoms with Crippen LogP contribution in [0, 0.1) is 0 Å². The van der Waals surface area contributed by atoms with Gasteiger partial charge in [-0.15, -0.1) is 0 Å². The lowest BCUT2D eigenvalue weighted by Gasteiger charge is -2.01. The Morgan fingerprint density at radius 1 is 0.571 bits per heavy atom. The van der Waals surface area contributed by atoms with Crippen LogP contribution in [0.25, 0.3) is 0 Å². The summed E-state index contributed by atoms with van der Waals surface area (Å²) in [7, 11) is 0. The second-order valence-electron chi connectivity index (χ2n) is 6.01. The molecule has 0 spiro atoms. The minimum atomic E-state index is 1.18. The van der Waals surface area contributed by atoms with Gasteiger partial charge in [0, 0.05) is 5.33 Å². The Labute approximate surface area is 142 Å². The van der Waals surface area contributed by atoms with Crippen LogP contribution in [0.2, 0.25) is 0 Å². The molecular weight excluding hydrogens is 320 g/mol. The lowest BCUT2D eigenvalue weighted by Crippen LogP contribution is -1.82. The van der Waals surface area contributed by atoms with Gasteiger partial charge in [-0.05, 0) is 25.7 Å². The van der Waals surface area contributed by atoms with Crippen molar-refractivity contribution in [2.45, 2.75) is 96.8 Å². The van der Waals surface area contributed by atoms with Gasteiger partial charge in [-0.1, -0.05) is 111 Å². The number of alkyl halides is 1. The predicted molar refractivity (Wildman–Crippen MR) is 102 cm³/mol. The number of hydrogen-bond donors (Lipinski definition) is 0. The Kier molecular flexibility index (Phi) is 19.9. The van der Waals surface area contributed by atoms with E-state index in [-0.39, 0.29) is 0 Å². The molecule has 0 aliphatic heterocycles. The van der Waals surface area contributed by atoms with Crippen molar-refractivity contribution in [2.75, 3.05) is 5.33 Å². The van der Waals surface area contributed by atoms with E-state index in [0.717, 1.165) is 0 Å². The molecule has 0 fully saturated rings. The van der Waals surface area contributed by atoms with Crippen LogP contribution in [0.1, 0.15) is 96.8 Å². The van der Waals surface area contributed by atoms with Gasteiger partial charge in [-0.2, -0.15) is 0 Å². The first-order chi connectivity index (χ1) is 10.4. The average molecular weight is 357 g/mol. The average Bonchev–Trinajstić information content (AvgIpc) is 2.50. The maximum absolute atomic E-state index is 3.49. The molecule has 0 heterocycles. The summed E-state index contributed by atoms with van der Waals surface area (Å²) in [5.41, 5.74) is 0. The first-order valence-electron chi connectivity index (χ1n) is 9.29. The molecule has 0 aliphatic carbocycles. The Balaban J connectivity index is 3.08. The molecule has 0 saturated heterocycles. The molecule has 0 nitrogen and oxygen atoms in total. The second-order valence-corrected chi connectivity index (χ2v) is 6.80. The molecule has 0 atom stereocenters. The number of hydrogen-bond acceptors (Lipinski definition) is 0. The lowest BCUT2D eigenvalue weighted by atomic mass is 10.1. The fourth-order valence-electron chi connectivity index (χ4n) is 2.44. The summed E-state index contributed by atoms with van der Waals surface area (Å²) in [5, 5.41) is 1.18. The van der Waals surface area contributed by atoms with Gasteiger partial charge in [-0.3, -0.25) is 0 Å². The molecule has 0 N–H and O–H groups in total. The SMILES string of the molecule is CCCC/C=C\C=C\CCCCCCCCCCCCBr. The van der Waals surface area contributed by atoms with Gasteiger partial charge in [0.2, 0.25) is 0 Å². The summed E-state index contributed by atoms with van der Waals surface area (Å²) in [6.45, 7) is 2.24. The van der Waals surface area contributed by atoms with Crippen LogP contribution in [0.3, 0.4) is 0 Å². The summed E-state index contributed by atoms with van der Waals surface area (Å²) in [6.07, 6.45) is 28.3. The zero-order valence-electron chi connectivity index (χ0n) is 14.3. The van der Waals surface area contributed by atoms with Crippen molar-refractivity contribution in [2.24, 2.45) is 0 Å². The Morgan fingerprint density at radius 2 is 1.00 bits per heavy atom. The third-order valence-electron chi connectivity index (χ3n) is 3.86. The Bertz CT molecular complexity index is 230. The van der Waals surface area contributed by atoms with Crippen molar-refractivity contribution in [1.82, 2.24) is 0 Å². The molecule has 0 aromatic rings. The van der Waals surface area contributed by atoms with Crippen molar-refractivity contribution in [1.29, 1.82) is 0 Å². The molecule has 0 bridgehead atoms. The zero-order chi connectivity index (χ0) is 15.4. The molecule has 0 aromatic carbocycles. The highest BCUT2D eigenvalue weighted by Gasteiger charge is 1.92. The number of unbranched alkanes of at least 4 members (excludes halogenated alkanes) is 12. The highest BCUT2D eigenvalue weighted by atomic mass is 79.9. The third kappa shape index (κ3) is 20.0. The van der Waals surface area contributed by atoms with Gasteiger partial charge >= 0.3 is 0 Å². The quantitative estimate of drug-likeness (QED) is 0.149. The molecular formula is C20H37Br. The summed E-state index contributed by atoms with van der Waals surface area (Å²) in [5.74, 6) is 0. The van der Waals surface area contributed by atoms with E-state index in [0.29, 0.717) is 0 Å².